The Morgan fingerprint density at radius 2 is 2.10 bits per heavy atom. The van der Waals surface area contributed by atoms with E-state index < -0.39 is 0 Å². The Balaban J connectivity index is 2.42. The molecule has 0 spiro atoms. The number of nitrogens with one attached hydrogen (secondary N) is 1. The predicted octanol–water partition coefficient (Wildman–Crippen LogP) is 4.80. The third-order valence-corrected chi connectivity index (χ3v) is 4.68. The molecule has 1 aromatic heterocycles. The van der Waals surface area contributed by atoms with Crippen LogP contribution in [0.2, 0.25) is 5.02 Å². The van der Waals surface area contributed by atoms with Crippen molar-refractivity contribution in [3.05, 3.63) is 51.2 Å². The van der Waals surface area contributed by atoms with E-state index in [-0.39, 0.29) is 6.04 Å². The minimum Gasteiger partial charge on any atom is -0.305 e. The molecular formula is C16H21BrClN3. The maximum atomic E-state index is 6.50. The van der Waals surface area contributed by atoms with Crippen LogP contribution in [-0.2, 0) is 6.54 Å². The molecule has 2 aromatic rings. The molecule has 114 valence electrons. The molecule has 1 N–H and O–H groups in total. The lowest BCUT2D eigenvalue weighted by Gasteiger charge is -2.22. The summed E-state index contributed by atoms with van der Waals surface area (Å²) in [5.41, 5.74) is 2.24. The molecule has 0 radical (unpaired) electrons. The summed E-state index contributed by atoms with van der Waals surface area (Å²) in [5, 5.41) is 8.78. The third kappa shape index (κ3) is 3.87. The molecule has 1 unspecified atom stereocenters. The van der Waals surface area contributed by atoms with E-state index in [1.54, 1.807) is 0 Å². The van der Waals surface area contributed by atoms with Gasteiger partial charge in [-0.3, -0.25) is 4.68 Å². The molecule has 0 saturated heterocycles. The van der Waals surface area contributed by atoms with Gasteiger partial charge < -0.3 is 5.32 Å². The average Bonchev–Trinajstić information content (AvgIpc) is 2.92. The normalized spacial score (nSPS) is 12.6. The zero-order valence-corrected chi connectivity index (χ0v) is 14.8. The zero-order chi connectivity index (χ0) is 15.2. The van der Waals surface area contributed by atoms with E-state index >= 15 is 0 Å². The molecule has 0 bridgehead atoms. The Morgan fingerprint density at radius 3 is 2.81 bits per heavy atom. The maximum absolute atomic E-state index is 6.50. The summed E-state index contributed by atoms with van der Waals surface area (Å²) in [6.07, 6.45) is 3.99. The fraction of sp³-hybridized carbons (Fsp3) is 0.438. The van der Waals surface area contributed by atoms with Gasteiger partial charge in [-0.15, -0.1) is 0 Å². The number of aryl methyl sites for hydroxylation is 1. The fourth-order valence-corrected chi connectivity index (χ4v) is 3.01. The van der Waals surface area contributed by atoms with Crippen LogP contribution in [0.4, 0.5) is 0 Å². The van der Waals surface area contributed by atoms with Gasteiger partial charge in [0.25, 0.3) is 0 Å². The second-order valence-electron chi connectivity index (χ2n) is 5.01. The van der Waals surface area contributed by atoms with E-state index in [4.69, 9.17) is 11.6 Å². The van der Waals surface area contributed by atoms with Crippen molar-refractivity contribution >= 4 is 27.5 Å². The van der Waals surface area contributed by atoms with Crippen molar-refractivity contribution in [2.45, 2.75) is 39.3 Å². The first-order chi connectivity index (χ1) is 10.2. The summed E-state index contributed by atoms with van der Waals surface area (Å²) in [4.78, 5) is 0. The Bertz CT molecular complexity index is 583. The minimum atomic E-state index is 0.0593. The van der Waals surface area contributed by atoms with Gasteiger partial charge in [0.05, 0.1) is 16.8 Å². The van der Waals surface area contributed by atoms with Crippen LogP contribution >= 0.6 is 27.5 Å². The molecular weight excluding hydrogens is 350 g/mol. The van der Waals surface area contributed by atoms with E-state index in [0.29, 0.717) is 0 Å². The monoisotopic (exact) mass is 369 g/mol. The summed E-state index contributed by atoms with van der Waals surface area (Å²) in [6, 6.07) is 8.19. The van der Waals surface area contributed by atoms with Crippen LogP contribution in [0.15, 0.2) is 34.9 Å². The Kier molecular flexibility index (Phi) is 6.27. The molecule has 5 heteroatoms. The van der Waals surface area contributed by atoms with Crippen molar-refractivity contribution in [2.24, 2.45) is 0 Å². The molecule has 0 saturated carbocycles. The molecule has 0 aliphatic heterocycles. The molecule has 0 aliphatic carbocycles. The van der Waals surface area contributed by atoms with Gasteiger partial charge >= 0.3 is 0 Å². The molecule has 3 nitrogen and oxygen atoms in total. The highest BCUT2D eigenvalue weighted by Gasteiger charge is 2.20. The van der Waals surface area contributed by atoms with Gasteiger partial charge in [0.1, 0.15) is 0 Å². The molecule has 0 aliphatic rings. The first kappa shape index (κ1) is 16.5. The zero-order valence-electron chi connectivity index (χ0n) is 12.4. The van der Waals surface area contributed by atoms with Gasteiger partial charge in [0.15, 0.2) is 0 Å². The van der Waals surface area contributed by atoms with Crippen LogP contribution < -0.4 is 5.32 Å². The van der Waals surface area contributed by atoms with Crippen molar-refractivity contribution < 1.29 is 0 Å². The first-order valence-electron chi connectivity index (χ1n) is 7.38. The molecule has 1 aromatic carbocycles. The van der Waals surface area contributed by atoms with Crippen LogP contribution in [0.5, 0.6) is 0 Å². The molecule has 2 rings (SSSR count). The Hall–Kier alpha value is -0.840. The number of rotatable bonds is 7. The smallest absolute Gasteiger partial charge is 0.0763 e. The number of hydrogen-bond acceptors (Lipinski definition) is 2. The lowest BCUT2D eigenvalue weighted by Crippen LogP contribution is -2.26. The van der Waals surface area contributed by atoms with E-state index in [1.165, 1.54) is 0 Å². The van der Waals surface area contributed by atoms with Crippen LogP contribution in [0.3, 0.4) is 0 Å². The molecule has 0 fully saturated rings. The minimum absolute atomic E-state index is 0.0593. The van der Waals surface area contributed by atoms with Gasteiger partial charge in [-0.2, -0.15) is 5.10 Å². The van der Waals surface area contributed by atoms with Crippen LogP contribution in [0.25, 0.3) is 0 Å². The Morgan fingerprint density at radius 1 is 1.29 bits per heavy atom. The number of hydrogen-bond donors (Lipinski definition) is 1. The molecule has 1 atom stereocenters. The summed E-state index contributed by atoms with van der Waals surface area (Å²) in [5.74, 6) is 0. The quantitative estimate of drug-likeness (QED) is 0.759. The number of benzene rings is 1. The van der Waals surface area contributed by atoms with Crippen LogP contribution in [0, 0.1) is 0 Å². The van der Waals surface area contributed by atoms with Crippen molar-refractivity contribution in [3.63, 3.8) is 0 Å². The highest BCUT2D eigenvalue weighted by atomic mass is 79.9. The predicted molar refractivity (Wildman–Crippen MR) is 91.8 cm³/mol. The van der Waals surface area contributed by atoms with Gasteiger partial charge in [-0.1, -0.05) is 37.6 Å². The van der Waals surface area contributed by atoms with Crippen molar-refractivity contribution in [1.29, 1.82) is 0 Å². The second-order valence-corrected chi connectivity index (χ2v) is 6.24. The number of aromatic nitrogens is 2. The largest absolute Gasteiger partial charge is 0.305 e. The Labute approximate surface area is 139 Å². The van der Waals surface area contributed by atoms with Gasteiger partial charge in [0, 0.05) is 17.2 Å². The van der Waals surface area contributed by atoms with E-state index in [1.807, 2.05) is 18.3 Å². The highest BCUT2D eigenvalue weighted by Crippen LogP contribution is 2.33. The molecule has 1 heterocycles. The standard InChI is InChI=1S/C16H21BrClN3/c1-3-9-19-16(12-6-5-7-13(17)15(12)18)14-8-10-20-21(14)11-4-2/h5-8,10,16,19H,3-4,9,11H2,1-2H3. The van der Waals surface area contributed by atoms with E-state index in [9.17, 15) is 0 Å². The number of nitrogens with zero attached hydrogens (tertiary/aromatic N) is 2. The highest BCUT2D eigenvalue weighted by molar-refractivity contribution is 9.10. The van der Waals surface area contributed by atoms with E-state index in [2.05, 4.69) is 57.0 Å². The topological polar surface area (TPSA) is 29.9 Å². The molecule has 21 heavy (non-hydrogen) atoms. The van der Waals surface area contributed by atoms with E-state index in [0.717, 1.165) is 46.7 Å². The lowest BCUT2D eigenvalue weighted by molar-refractivity contribution is 0.511. The van der Waals surface area contributed by atoms with Crippen LogP contribution in [0.1, 0.15) is 44.0 Å². The SMILES string of the molecule is CCCNC(c1cccc(Br)c1Cl)c1ccnn1CCC. The summed E-state index contributed by atoms with van der Waals surface area (Å²) < 4.78 is 2.98. The third-order valence-electron chi connectivity index (χ3n) is 3.37. The van der Waals surface area contributed by atoms with Crippen molar-refractivity contribution in [1.82, 2.24) is 15.1 Å². The van der Waals surface area contributed by atoms with Gasteiger partial charge in [-0.05, 0) is 53.0 Å². The average molecular weight is 371 g/mol. The number of halogens is 2. The maximum Gasteiger partial charge on any atom is 0.0763 e. The fourth-order valence-electron chi connectivity index (χ4n) is 2.39. The summed E-state index contributed by atoms with van der Waals surface area (Å²) >= 11 is 10.0. The van der Waals surface area contributed by atoms with Crippen molar-refractivity contribution in [3.8, 4) is 0 Å². The van der Waals surface area contributed by atoms with Crippen molar-refractivity contribution in [2.75, 3.05) is 6.54 Å². The molecule has 0 amide bonds. The second kappa shape index (κ2) is 7.97. The van der Waals surface area contributed by atoms with Gasteiger partial charge in [-0.25, -0.2) is 0 Å². The summed E-state index contributed by atoms with van der Waals surface area (Å²) in [7, 11) is 0. The lowest BCUT2D eigenvalue weighted by atomic mass is 10.0. The van der Waals surface area contributed by atoms with Crippen LogP contribution in [-0.4, -0.2) is 16.3 Å². The van der Waals surface area contributed by atoms with Gasteiger partial charge in [0.2, 0.25) is 0 Å². The first-order valence-corrected chi connectivity index (χ1v) is 8.55. The summed E-state index contributed by atoms with van der Waals surface area (Å²) in [6.45, 7) is 6.17.